The van der Waals surface area contributed by atoms with E-state index in [0.717, 1.165) is 5.52 Å². The number of fused-ring (bicyclic) bond motifs is 1. The predicted molar refractivity (Wildman–Crippen MR) is 64.5 cm³/mol. The summed E-state index contributed by atoms with van der Waals surface area (Å²) < 4.78 is 0. The van der Waals surface area contributed by atoms with E-state index in [9.17, 15) is 4.79 Å². The number of amides is 1. The number of aromatic nitrogens is 2. The van der Waals surface area contributed by atoms with Crippen LogP contribution in [0.1, 0.15) is 17.4 Å². The first-order valence-corrected chi connectivity index (χ1v) is 5.28. The highest BCUT2D eigenvalue weighted by Crippen LogP contribution is 2.18. The minimum Gasteiger partial charge on any atom is -0.399 e. The maximum Gasteiger partial charge on any atom is 0.272 e. The topological polar surface area (TPSA) is 104 Å². The molecule has 1 atom stereocenters. The third-order valence-corrected chi connectivity index (χ3v) is 2.36. The number of carbonyl (C=O) groups excluding carboxylic acids is 1. The van der Waals surface area contributed by atoms with Gasteiger partial charge in [-0.1, -0.05) is 0 Å². The normalized spacial score (nSPS) is 12.6. The number of rotatable bonds is 3. The highest BCUT2D eigenvalue weighted by Gasteiger charge is 2.14. The molecule has 0 saturated carbocycles. The molecule has 6 nitrogen and oxygen atoms in total. The Morgan fingerprint density at radius 2 is 2.41 bits per heavy atom. The van der Waals surface area contributed by atoms with Crippen LogP contribution in [0.5, 0.6) is 0 Å². The number of hydrogen-bond donors (Lipinski definition) is 4. The van der Waals surface area contributed by atoms with Crippen LogP contribution in [-0.2, 0) is 0 Å². The van der Waals surface area contributed by atoms with E-state index in [1.54, 1.807) is 25.1 Å². The SMILES string of the molecule is C[C@@H](O)CNC(=O)c1n[nH]c2ccc(N)cc12. The van der Waals surface area contributed by atoms with Crippen LogP contribution >= 0.6 is 0 Å². The average molecular weight is 234 g/mol. The number of benzene rings is 1. The van der Waals surface area contributed by atoms with Crippen LogP contribution in [0.25, 0.3) is 10.9 Å². The maximum absolute atomic E-state index is 11.8. The number of anilines is 1. The van der Waals surface area contributed by atoms with E-state index in [1.165, 1.54) is 0 Å². The van der Waals surface area contributed by atoms with Gasteiger partial charge in [0.05, 0.1) is 11.6 Å². The number of nitrogens with one attached hydrogen (secondary N) is 2. The van der Waals surface area contributed by atoms with Crippen molar-refractivity contribution >= 4 is 22.5 Å². The molecule has 6 heteroatoms. The lowest BCUT2D eigenvalue weighted by molar-refractivity contribution is 0.0920. The van der Waals surface area contributed by atoms with Gasteiger partial charge >= 0.3 is 0 Å². The Hall–Kier alpha value is -2.08. The maximum atomic E-state index is 11.8. The molecule has 0 aliphatic heterocycles. The molecular weight excluding hydrogens is 220 g/mol. The molecule has 0 bridgehead atoms. The van der Waals surface area contributed by atoms with E-state index < -0.39 is 6.10 Å². The number of carbonyl (C=O) groups is 1. The van der Waals surface area contributed by atoms with Crippen LogP contribution in [0.15, 0.2) is 18.2 Å². The Bertz CT molecular complexity index is 547. The monoisotopic (exact) mass is 234 g/mol. The molecule has 0 aliphatic carbocycles. The molecule has 0 aliphatic rings. The van der Waals surface area contributed by atoms with Gasteiger partial charge in [0, 0.05) is 17.6 Å². The second kappa shape index (κ2) is 4.42. The smallest absolute Gasteiger partial charge is 0.272 e. The van der Waals surface area contributed by atoms with Crippen molar-refractivity contribution in [2.75, 3.05) is 12.3 Å². The van der Waals surface area contributed by atoms with Crippen LogP contribution in [0.2, 0.25) is 0 Å². The molecule has 1 amide bonds. The molecule has 0 fully saturated rings. The first kappa shape index (κ1) is 11.4. The van der Waals surface area contributed by atoms with Crippen molar-refractivity contribution in [3.63, 3.8) is 0 Å². The molecule has 0 unspecified atom stereocenters. The summed E-state index contributed by atoms with van der Waals surface area (Å²) in [6.45, 7) is 1.79. The highest BCUT2D eigenvalue weighted by atomic mass is 16.3. The molecule has 2 aromatic rings. The molecule has 1 aromatic heterocycles. The Balaban J connectivity index is 2.29. The highest BCUT2D eigenvalue weighted by molar-refractivity contribution is 6.05. The number of nitrogens with zero attached hydrogens (tertiary/aromatic N) is 1. The molecule has 1 heterocycles. The van der Waals surface area contributed by atoms with E-state index in [4.69, 9.17) is 10.8 Å². The second-order valence-electron chi connectivity index (χ2n) is 3.94. The van der Waals surface area contributed by atoms with Crippen molar-refractivity contribution in [2.24, 2.45) is 0 Å². The molecule has 0 radical (unpaired) electrons. The zero-order valence-electron chi connectivity index (χ0n) is 9.40. The molecule has 5 N–H and O–H groups in total. The van der Waals surface area contributed by atoms with Gasteiger partial charge in [0.15, 0.2) is 5.69 Å². The fraction of sp³-hybridized carbons (Fsp3) is 0.273. The largest absolute Gasteiger partial charge is 0.399 e. The fourth-order valence-corrected chi connectivity index (χ4v) is 1.53. The van der Waals surface area contributed by atoms with Crippen molar-refractivity contribution < 1.29 is 9.90 Å². The van der Waals surface area contributed by atoms with Crippen LogP contribution in [0, 0.1) is 0 Å². The summed E-state index contributed by atoms with van der Waals surface area (Å²) in [6.07, 6.45) is -0.589. The number of H-pyrrole nitrogens is 1. The lowest BCUT2D eigenvalue weighted by atomic mass is 10.2. The number of aliphatic hydroxyl groups is 1. The summed E-state index contributed by atoms with van der Waals surface area (Å²) in [4.78, 5) is 11.8. The van der Waals surface area contributed by atoms with Gasteiger partial charge in [-0.25, -0.2) is 0 Å². The summed E-state index contributed by atoms with van der Waals surface area (Å²) in [5.41, 5.74) is 7.27. The van der Waals surface area contributed by atoms with E-state index >= 15 is 0 Å². The van der Waals surface area contributed by atoms with Crippen LogP contribution < -0.4 is 11.1 Å². The van der Waals surface area contributed by atoms with Crippen molar-refractivity contribution in [3.05, 3.63) is 23.9 Å². The molecule has 17 heavy (non-hydrogen) atoms. The molecular formula is C11H14N4O2. The van der Waals surface area contributed by atoms with Crippen LogP contribution in [-0.4, -0.2) is 33.9 Å². The molecule has 0 saturated heterocycles. The summed E-state index contributed by atoms with van der Waals surface area (Å²) >= 11 is 0. The van der Waals surface area contributed by atoms with Crippen molar-refractivity contribution in [1.82, 2.24) is 15.5 Å². The van der Waals surface area contributed by atoms with Crippen molar-refractivity contribution in [1.29, 1.82) is 0 Å². The van der Waals surface area contributed by atoms with Gasteiger partial charge < -0.3 is 16.2 Å². The molecule has 2 rings (SSSR count). The van der Waals surface area contributed by atoms with Gasteiger partial charge in [0.1, 0.15) is 0 Å². The summed E-state index contributed by atoms with van der Waals surface area (Å²) in [5.74, 6) is -0.331. The number of nitrogen functional groups attached to an aromatic ring is 1. The molecule has 0 spiro atoms. The number of nitrogens with two attached hydrogens (primary N) is 1. The summed E-state index contributed by atoms with van der Waals surface area (Å²) in [7, 11) is 0. The van der Waals surface area contributed by atoms with Crippen molar-refractivity contribution in [2.45, 2.75) is 13.0 Å². The zero-order valence-corrected chi connectivity index (χ0v) is 9.40. The first-order valence-electron chi connectivity index (χ1n) is 5.28. The number of hydrogen-bond acceptors (Lipinski definition) is 4. The van der Waals surface area contributed by atoms with Crippen molar-refractivity contribution in [3.8, 4) is 0 Å². The van der Waals surface area contributed by atoms with E-state index in [2.05, 4.69) is 15.5 Å². The number of aromatic amines is 1. The third-order valence-electron chi connectivity index (χ3n) is 2.36. The van der Waals surface area contributed by atoms with Gasteiger partial charge in [-0.2, -0.15) is 5.10 Å². The van der Waals surface area contributed by atoms with E-state index in [-0.39, 0.29) is 18.1 Å². The van der Waals surface area contributed by atoms with E-state index in [0.29, 0.717) is 11.1 Å². The van der Waals surface area contributed by atoms with Gasteiger partial charge in [-0.05, 0) is 25.1 Å². The molecule has 1 aromatic carbocycles. The van der Waals surface area contributed by atoms with Gasteiger partial charge in [-0.15, -0.1) is 0 Å². The fourth-order valence-electron chi connectivity index (χ4n) is 1.53. The zero-order chi connectivity index (χ0) is 12.4. The summed E-state index contributed by atoms with van der Waals surface area (Å²) in [5, 5.41) is 19.0. The predicted octanol–water partition coefficient (Wildman–Crippen LogP) is 0.256. The average Bonchev–Trinajstić information content (AvgIpc) is 2.68. The van der Waals surface area contributed by atoms with Crippen LogP contribution in [0.3, 0.4) is 0 Å². The first-order chi connectivity index (χ1) is 8.08. The molecule has 90 valence electrons. The number of aliphatic hydroxyl groups excluding tert-OH is 1. The minimum absolute atomic E-state index is 0.190. The third kappa shape index (κ3) is 2.36. The summed E-state index contributed by atoms with van der Waals surface area (Å²) in [6, 6.07) is 5.19. The Morgan fingerprint density at radius 1 is 1.65 bits per heavy atom. The quantitative estimate of drug-likeness (QED) is 0.571. The standard InChI is InChI=1S/C11H14N4O2/c1-6(16)5-13-11(17)10-8-4-7(12)2-3-9(8)14-15-10/h2-4,6,16H,5,12H2,1H3,(H,13,17)(H,14,15)/t6-/m1/s1. The van der Waals surface area contributed by atoms with Gasteiger partial charge in [0.25, 0.3) is 5.91 Å². The lowest BCUT2D eigenvalue weighted by Gasteiger charge is -2.05. The van der Waals surface area contributed by atoms with E-state index in [1.807, 2.05) is 0 Å². The Kier molecular flexibility index (Phi) is 2.97. The second-order valence-corrected chi connectivity index (χ2v) is 3.94. The van der Waals surface area contributed by atoms with Crippen LogP contribution in [0.4, 0.5) is 5.69 Å². The Morgan fingerprint density at radius 3 is 3.12 bits per heavy atom. The lowest BCUT2D eigenvalue weighted by Crippen LogP contribution is -2.30. The van der Waals surface area contributed by atoms with Gasteiger partial charge in [0.2, 0.25) is 0 Å². The minimum atomic E-state index is -0.589. The van der Waals surface area contributed by atoms with Gasteiger partial charge in [-0.3, -0.25) is 9.89 Å². The Labute approximate surface area is 97.8 Å².